The number of halogens is 1. The van der Waals surface area contributed by atoms with Crippen molar-refractivity contribution in [2.75, 3.05) is 26.9 Å². The molecule has 5 rings (SSSR count). The normalized spacial score (nSPS) is 24.7. The van der Waals surface area contributed by atoms with Crippen LogP contribution >= 0.6 is 0 Å². The Balaban J connectivity index is 1.45. The maximum atomic E-state index is 14.5. The van der Waals surface area contributed by atoms with E-state index in [0.717, 1.165) is 37.7 Å². The third-order valence-electron chi connectivity index (χ3n) is 6.45. The lowest BCUT2D eigenvalue weighted by molar-refractivity contribution is -0.194. The molecular formula is C24H27FO6. The van der Waals surface area contributed by atoms with Crippen molar-refractivity contribution >= 4 is 5.97 Å². The first-order valence-corrected chi connectivity index (χ1v) is 10.5. The highest BCUT2D eigenvalue weighted by Crippen LogP contribution is 2.55. The van der Waals surface area contributed by atoms with Crippen molar-refractivity contribution in [1.82, 2.24) is 0 Å². The number of carboxylic acids is 1. The summed E-state index contributed by atoms with van der Waals surface area (Å²) in [4.78, 5) is 10.6. The summed E-state index contributed by atoms with van der Waals surface area (Å²) in [5.41, 5.74) is 0.284. The van der Waals surface area contributed by atoms with Crippen LogP contribution in [0, 0.1) is 11.2 Å². The molecule has 0 radical (unpaired) electrons. The van der Waals surface area contributed by atoms with Gasteiger partial charge in [-0.2, -0.15) is 0 Å². The quantitative estimate of drug-likeness (QED) is 0.570. The van der Waals surface area contributed by atoms with E-state index in [1.54, 1.807) is 19.2 Å². The zero-order chi connectivity index (χ0) is 21.9. The summed E-state index contributed by atoms with van der Waals surface area (Å²) in [5, 5.41) is 8.71. The predicted octanol–water partition coefficient (Wildman–Crippen LogP) is 4.90. The molecule has 2 bridgehead atoms. The Morgan fingerprint density at radius 3 is 2.55 bits per heavy atom. The summed E-state index contributed by atoms with van der Waals surface area (Å²) < 4.78 is 37.1. The second-order valence-electron chi connectivity index (χ2n) is 8.44. The fourth-order valence-corrected chi connectivity index (χ4v) is 4.59. The van der Waals surface area contributed by atoms with Crippen molar-refractivity contribution in [2.45, 2.75) is 37.7 Å². The number of carboxylic acid groups (broad SMARTS) is 1. The van der Waals surface area contributed by atoms with Gasteiger partial charge in [0.05, 0.1) is 19.3 Å². The first kappa shape index (κ1) is 21.6. The van der Waals surface area contributed by atoms with Gasteiger partial charge in [-0.1, -0.05) is 6.07 Å². The Hall–Kier alpha value is -2.64. The highest BCUT2D eigenvalue weighted by molar-refractivity contribution is 5.67. The first-order chi connectivity index (χ1) is 14.9. The molecule has 1 saturated carbocycles. The van der Waals surface area contributed by atoms with Crippen molar-refractivity contribution in [3.8, 4) is 17.2 Å². The third kappa shape index (κ3) is 4.83. The molecule has 0 atom stereocenters. The molecule has 0 spiro atoms. The van der Waals surface area contributed by atoms with Crippen LogP contribution in [0.1, 0.15) is 37.7 Å². The van der Waals surface area contributed by atoms with E-state index in [2.05, 4.69) is 0 Å². The Morgan fingerprint density at radius 2 is 1.87 bits per heavy atom. The van der Waals surface area contributed by atoms with E-state index in [1.807, 2.05) is 18.2 Å². The molecule has 2 saturated heterocycles. The lowest BCUT2D eigenvalue weighted by Crippen LogP contribution is -2.49. The largest absolute Gasteiger partial charge is 0.497 e. The molecule has 2 aliphatic heterocycles. The van der Waals surface area contributed by atoms with E-state index in [0.29, 0.717) is 30.5 Å². The zero-order valence-electron chi connectivity index (χ0n) is 17.6. The number of rotatable bonds is 9. The molecule has 0 amide bonds. The molecule has 7 heteroatoms. The van der Waals surface area contributed by atoms with E-state index in [4.69, 9.17) is 24.1 Å². The minimum absolute atomic E-state index is 0.00744. The van der Waals surface area contributed by atoms with Crippen LogP contribution in [0.4, 0.5) is 4.39 Å². The van der Waals surface area contributed by atoms with Crippen molar-refractivity contribution in [3.05, 3.63) is 53.8 Å². The lowest BCUT2D eigenvalue weighted by Gasteiger charge is -2.53. The van der Waals surface area contributed by atoms with Crippen LogP contribution in [0.15, 0.2) is 42.5 Å². The van der Waals surface area contributed by atoms with Crippen LogP contribution in [0.5, 0.6) is 17.2 Å². The van der Waals surface area contributed by atoms with Gasteiger partial charge in [0.1, 0.15) is 29.7 Å². The van der Waals surface area contributed by atoms with E-state index in [9.17, 15) is 9.18 Å². The van der Waals surface area contributed by atoms with Crippen molar-refractivity contribution < 1.29 is 33.2 Å². The van der Waals surface area contributed by atoms with Gasteiger partial charge in [0.25, 0.3) is 0 Å². The molecule has 2 heterocycles. The molecule has 166 valence electrons. The summed E-state index contributed by atoms with van der Waals surface area (Å²) in [7, 11) is 1.58. The number of hydrogen-bond acceptors (Lipinski definition) is 5. The molecule has 1 N–H and O–H groups in total. The van der Waals surface area contributed by atoms with Crippen LogP contribution < -0.4 is 9.47 Å². The summed E-state index contributed by atoms with van der Waals surface area (Å²) in [6, 6.07) is 11.9. The van der Waals surface area contributed by atoms with Gasteiger partial charge in [-0.3, -0.25) is 0 Å². The van der Waals surface area contributed by atoms with Gasteiger partial charge < -0.3 is 24.1 Å². The molecular weight excluding hydrogens is 403 g/mol. The van der Waals surface area contributed by atoms with Crippen molar-refractivity contribution in [2.24, 2.45) is 5.41 Å². The monoisotopic (exact) mass is 430 g/mol. The Kier molecular flexibility index (Phi) is 6.16. The average molecular weight is 430 g/mol. The molecule has 2 aromatic carbocycles. The fourth-order valence-electron chi connectivity index (χ4n) is 4.59. The summed E-state index contributed by atoms with van der Waals surface area (Å²) in [6.45, 7) is 0.688. The molecule has 2 aromatic rings. The Morgan fingerprint density at radius 1 is 1.10 bits per heavy atom. The number of aliphatic carboxylic acids is 1. The minimum Gasteiger partial charge on any atom is -0.497 e. The smallest absolute Gasteiger partial charge is 0.329 e. The Labute approximate surface area is 180 Å². The third-order valence-corrected chi connectivity index (χ3v) is 6.45. The second kappa shape index (κ2) is 8.85. The molecule has 3 fully saturated rings. The standard InChI is InChI=1S/C24H27FO6/c1-28-19-3-2-4-20(14-19)31-21-12-17(11-18(25)13-21)24-7-5-23(6-8-24,16-30-24)9-10-29-15-22(26)27/h2-4,11-14H,5-10,15-16H2,1H3,(H,26,27). The number of hydrogen-bond donors (Lipinski definition) is 1. The van der Waals surface area contributed by atoms with Gasteiger partial charge in [-0.15, -0.1) is 0 Å². The van der Waals surface area contributed by atoms with E-state index >= 15 is 0 Å². The zero-order valence-corrected chi connectivity index (χ0v) is 17.6. The molecule has 3 aliphatic rings. The van der Waals surface area contributed by atoms with Gasteiger partial charge in [-0.05, 0) is 67.3 Å². The van der Waals surface area contributed by atoms with Gasteiger partial charge in [0, 0.05) is 18.7 Å². The molecule has 0 unspecified atom stereocenters. The van der Waals surface area contributed by atoms with E-state index in [-0.39, 0.29) is 17.8 Å². The summed E-state index contributed by atoms with van der Waals surface area (Å²) >= 11 is 0. The first-order valence-electron chi connectivity index (χ1n) is 10.5. The van der Waals surface area contributed by atoms with Gasteiger partial charge in [0.15, 0.2) is 0 Å². The second-order valence-corrected chi connectivity index (χ2v) is 8.44. The number of ether oxygens (including phenoxy) is 4. The Bertz CT molecular complexity index is 919. The maximum absolute atomic E-state index is 14.5. The number of fused-ring (bicyclic) bond motifs is 3. The molecule has 0 aromatic heterocycles. The summed E-state index contributed by atoms with van der Waals surface area (Å²) in [6.07, 6.45) is 4.21. The molecule has 31 heavy (non-hydrogen) atoms. The molecule has 6 nitrogen and oxygen atoms in total. The van der Waals surface area contributed by atoms with Crippen LogP contribution in [0.3, 0.4) is 0 Å². The minimum atomic E-state index is -0.960. The highest BCUT2D eigenvalue weighted by atomic mass is 19.1. The fraction of sp³-hybridized carbons (Fsp3) is 0.458. The predicted molar refractivity (Wildman–Crippen MR) is 111 cm³/mol. The highest BCUT2D eigenvalue weighted by Gasteiger charge is 2.50. The van der Waals surface area contributed by atoms with Gasteiger partial charge in [-0.25, -0.2) is 9.18 Å². The van der Waals surface area contributed by atoms with Crippen LogP contribution in [-0.4, -0.2) is 38.0 Å². The van der Waals surface area contributed by atoms with Crippen molar-refractivity contribution in [1.29, 1.82) is 0 Å². The van der Waals surface area contributed by atoms with Crippen LogP contribution in [-0.2, 0) is 19.9 Å². The molecule has 1 aliphatic carbocycles. The van der Waals surface area contributed by atoms with Gasteiger partial charge >= 0.3 is 5.97 Å². The number of methoxy groups -OCH3 is 1. The van der Waals surface area contributed by atoms with Crippen LogP contribution in [0.25, 0.3) is 0 Å². The average Bonchev–Trinajstić information content (AvgIpc) is 2.78. The number of benzene rings is 2. The number of carbonyl (C=O) groups is 1. The van der Waals surface area contributed by atoms with Gasteiger partial charge in [0.2, 0.25) is 0 Å². The maximum Gasteiger partial charge on any atom is 0.329 e. The van der Waals surface area contributed by atoms with Crippen molar-refractivity contribution in [3.63, 3.8) is 0 Å². The topological polar surface area (TPSA) is 74.2 Å². The van der Waals surface area contributed by atoms with E-state index in [1.165, 1.54) is 12.1 Å². The van der Waals surface area contributed by atoms with Crippen LogP contribution in [0.2, 0.25) is 0 Å². The SMILES string of the molecule is COc1cccc(Oc2cc(F)cc(C34CCC(CCOCC(=O)O)(CC3)CO4)c2)c1. The lowest BCUT2D eigenvalue weighted by atomic mass is 9.63. The summed E-state index contributed by atoms with van der Waals surface area (Å²) in [5.74, 6) is 0.336. The van der Waals surface area contributed by atoms with E-state index < -0.39 is 11.6 Å².